The van der Waals surface area contributed by atoms with E-state index >= 15 is 0 Å². The van der Waals surface area contributed by atoms with Gasteiger partial charge in [-0.15, -0.1) is 11.3 Å². The Morgan fingerprint density at radius 1 is 1.26 bits per heavy atom. The van der Waals surface area contributed by atoms with E-state index in [1.807, 2.05) is 0 Å². The predicted octanol–water partition coefficient (Wildman–Crippen LogP) is 5.28. The molecule has 6 nitrogen and oxygen atoms in total. The van der Waals surface area contributed by atoms with Gasteiger partial charge in [0.2, 0.25) is 0 Å². The van der Waals surface area contributed by atoms with Crippen LogP contribution in [0.25, 0.3) is 0 Å². The van der Waals surface area contributed by atoms with Crippen molar-refractivity contribution in [2.75, 3.05) is 5.32 Å². The van der Waals surface area contributed by atoms with Crippen LogP contribution in [0, 0.1) is 15.9 Å². The van der Waals surface area contributed by atoms with Crippen LogP contribution in [0.4, 0.5) is 15.8 Å². The lowest BCUT2D eigenvalue weighted by Crippen LogP contribution is -2.11. The number of ether oxygens (including phenoxy) is 1. The maximum absolute atomic E-state index is 13.1. The Morgan fingerprint density at radius 3 is 2.81 bits per heavy atom. The smallest absolute Gasteiger partial charge is 0.294 e. The van der Waals surface area contributed by atoms with E-state index in [1.165, 1.54) is 47.7 Å². The molecule has 0 aliphatic rings. The number of nitrogens with one attached hydrogen (secondary N) is 1. The lowest BCUT2D eigenvalue weighted by atomic mass is 10.2. The Kier molecular flexibility index (Phi) is 5.68. The number of hydrogen-bond donors (Lipinski definition) is 1. The third-order valence-corrected chi connectivity index (χ3v) is 4.70. The molecule has 1 aromatic heterocycles. The quantitative estimate of drug-likeness (QED) is 0.446. The lowest BCUT2D eigenvalue weighted by Gasteiger charge is -2.05. The number of hydrogen-bond acceptors (Lipinski definition) is 5. The average molecular weight is 407 g/mol. The molecule has 0 unspecified atom stereocenters. The number of carbonyl (C=O) groups excluding carboxylic acids is 1. The molecule has 0 atom stereocenters. The highest BCUT2D eigenvalue weighted by atomic mass is 35.5. The van der Waals surface area contributed by atoms with Crippen molar-refractivity contribution in [3.8, 4) is 5.75 Å². The molecule has 0 spiro atoms. The molecule has 2 aromatic carbocycles. The summed E-state index contributed by atoms with van der Waals surface area (Å²) in [7, 11) is 0. The molecule has 1 heterocycles. The summed E-state index contributed by atoms with van der Waals surface area (Å²) in [4.78, 5) is 23.2. The summed E-state index contributed by atoms with van der Waals surface area (Å²) < 4.78 is 18.6. The largest absolute Gasteiger partial charge is 0.489 e. The van der Waals surface area contributed by atoms with Crippen LogP contribution in [0.5, 0.6) is 5.75 Å². The first-order chi connectivity index (χ1) is 12.9. The molecule has 1 amide bonds. The summed E-state index contributed by atoms with van der Waals surface area (Å²) in [6.45, 7) is 0.161. The van der Waals surface area contributed by atoms with Gasteiger partial charge < -0.3 is 10.1 Å². The van der Waals surface area contributed by atoms with Crippen molar-refractivity contribution >= 4 is 40.2 Å². The zero-order valence-electron chi connectivity index (χ0n) is 13.6. The van der Waals surface area contributed by atoms with E-state index < -0.39 is 16.6 Å². The second-order valence-corrected chi connectivity index (χ2v) is 6.79. The molecule has 0 aliphatic heterocycles. The molecule has 0 aliphatic carbocycles. The topological polar surface area (TPSA) is 81.5 Å². The first kappa shape index (κ1) is 18.8. The summed E-state index contributed by atoms with van der Waals surface area (Å²) in [6, 6.07) is 11.4. The highest BCUT2D eigenvalue weighted by Crippen LogP contribution is 2.29. The van der Waals surface area contributed by atoms with E-state index in [0.29, 0.717) is 10.6 Å². The number of carbonyl (C=O) groups is 1. The normalized spacial score (nSPS) is 10.4. The van der Waals surface area contributed by atoms with Gasteiger partial charge in [-0.2, -0.15) is 0 Å². The number of halogens is 2. The van der Waals surface area contributed by atoms with Gasteiger partial charge in [-0.3, -0.25) is 14.9 Å². The summed E-state index contributed by atoms with van der Waals surface area (Å²) in [6.07, 6.45) is 0. The first-order valence-corrected chi connectivity index (χ1v) is 8.89. The van der Waals surface area contributed by atoms with Crippen LogP contribution < -0.4 is 10.1 Å². The number of nitrogens with zero attached hydrogens (tertiary/aromatic N) is 1. The fraction of sp³-hybridized carbons (Fsp3) is 0.0556. The summed E-state index contributed by atoms with van der Waals surface area (Å²) >= 11 is 6.93. The second kappa shape index (κ2) is 8.15. The molecule has 27 heavy (non-hydrogen) atoms. The number of amides is 1. The van der Waals surface area contributed by atoms with Gasteiger partial charge >= 0.3 is 0 Å². The third kappa shape index (κ3) is 4.81. The molecule has 0 saturated carbocycles. The summed E-state index contributed by atoms with van der Waals surface area (Å²) in [5.74, 6) is -0.506. The molecule has 0 saturated heterocycles. The number of nitro benzene ring substituents is 1. The lowest BCUT2D eigenvalue weighted by molar-refractivity contribution is -0.383. The molecule has 0 radical (unpaired) electrons. The van der Waals surface area contributed by atoms with Crippen molar-refractivity contribution in [1.29, 1.82) is 0 Å². The van der Waals surface area contributed by atoms with Gasteiger partial charge in [-0.25, -0.2) is 4.39 Å². The number of thiophene rings is 1. The van der Waals surface area contributed by atoms with Gasteiger partial charge in [0, 0.05) is 22.7 Å². The van der Waals surface area contributed by atoms with Crippen LogP contribution in [0.15, 0.2) is 53.9 Å². The van der Waals surface area contributed by atoms with Crippen molar-refractivity contribution < 1.29 is 18.8 Å². The van der Waals surface area contributed by atoms with Gasteiger partial charge in [0.1, 0.15) is 23.9 Å². The van der Waals surface area contributed by atoms with Crippen LogP contribution >= 0.6 is 22.9 Å². The van der Waals surface area contributed by atoms with Crippen molar-refractivity contribution in [3.63, 3.8) is 0 Å². The molecular formula is C18H12ClFN2O4S. The Hall–Kier alpha value is -2.97. The van der Waals surface area contributed by atoms with Crippen LogP contribution in [0.3, 0.4) is 0 Å². The van der Waals surface area contributed by atoms with Crippen LogP contribution in [0.1, 0.15) is 15.2 Å². The van der Waals surface area contributed by atoms with Crippen molar-refractivity contribution in [1.82, 2.24) is 0 Å². The zero-order valence-corrected chi connectivity index (χ0v) is 15.2. The zero-order chi connectivity index (χ0) is 19.4. The van der Waals surface area contributed by atoms with E-state index in [2.05, 4.69) is 5.32 Å². The fourth-order valence-electron chi connectivity index (χ4n) is 2.24. The third-order valence-electron chi connectivity index (χ3n) is 3.48. The van der Waals surface area contributed by atoms with E-state index in [9.17, 15) is 19.3 Å². The molecule has 1 N–H and O–H groups in total. The second-order valence-electron chi connectivity index (χ2n) is 5.44. The van der Waals surface area contributed by atoms with Gasteiger partial charge in [-0.1, -0.05) is 17.7 Å². The molecule has 9 heteroatoms. The number of rotatable bonds is 6. The maximum atomic E-state index is 13.1. The van der Waals surface area contributed by atoms with Gasteiger partial charge in [0.15, 0.2) is 0 Å². The van der Waals surface area contributed by atoms with E-state index in [0.717, 1.165) is 5.56 Å². The maximum Gasteiger partial charge on any atom is 0.294 e. The van der Waals surface area contributed by atoms with Gasteiger partial charge in [-0.05, 0) is 35.7 Å². The predicted molar refractivity (Wildman–Crippen MR) is 101 cm³/mol. The fourth-order valence-corrected chi connectivity index (χ4v) is 3.20. The number of anilines is 1. The molecule has 138 valence electrons. The Balaban J connectivity index is 1.68. The van der Waals surface area contributed by atoms with Crippen molar-refractivity contribution in [3.05, 3.63) is 85.3 Å². The Morgan fingerprint density at radius 2 is 2.07 bits per heavy atom. The minimum absolute atomic E-state index is 0.0559. The highest BCUT2D eigenvalue weighted by molar-refractivity contribution is 7.12. The highest BCUT2D eigenvalue weighted by Gasteiger charge is 2.18. The summed E-state index contributed by atoms with van der Waals surface area (Å²) in [5, 5.41) is 15.5. The minimum Gasteiger partial charge on any atom is -0.489 e. The molecule has 3 aromatic rings. The van der Waals surface area contributed by atoms with Crippen LogP contribution in [-0.2, 0) is 6.61 Å². The van der Waals surface area contributed by atoms with Crippen LogP contribution in [0.2, 0.25) is 5.02 Å². The van der Waals surface area contributed by atoms with Crippen molar-refractivity contribution in [2.45, 2.75) is 6.61 Å². The van der Waals surface area contributed by atoms with Crippen molar-refractivity contribution in [2.24, 2.45) is 0 Å². The number of nitro groups is 1. The van der Waals surface area contributed by atoms with E-state index in [-0.39, 0.29) is 23.0 Å². The van der Waals surface area contributed by atoms with Gasteiger partial charge in [0.25, 0.3) is 11.6 Å². The van der Waals surface area contributed by atoms with E-state index in [1.54, 1.807) is 17.5 Å². The average Bonchev–Trinajstić information content (AvgIpc) is 3.10. The molecule has 0 bridgehead atoms. The summed E-state index contributed by atoms with van der Waals surface area (Å²) in [5.41, 5.74) is 0.488. The molecular weight excluding hydrogens is 395 g/mol. The molecule has 3 rings (SSSR count). The van der Waals surface area contributed by atoms with E-state index in [4.69, 9.17) is 16.3 Å². The Labute approximate surface area is 162 Å². The minimum atomic E-state index is -0.617. The molecule has 0 fully saturated rings. The van der Waals surface area contributed by atoms with Crippen LogP contribution in [-0.4, -0.2) is 10.8 Å². The van der Waals surface area contributed by atoms with Gasteiger partial charge in [0.05, 0.1) is 9.80 Å². The number of benzene rings is 2. The first-order valence-electron chi connectivity index (χ1n) is 7.63. The SMILES string of the molecule is O=C(Nc1ccc(Cl)cc1[N+](=O)[O-])c1cc(COc2cccc(F)c2)cs1. The monoisotopic (exact) mass is 406 g/mol. The standard InChI is InChI=1S/C18H12ClFN2O4S/c19-12-4-5-15(16(7-12)22(24)25)21-18(23)17-6-11(10-27-17)9-26-14-3-1-2-13(20)8-14/h1-8,10H,9H2,(H,21,23). The Bertz CT molecular complexity index is 1010.